The molecule has 2 N–H and O–H groups in total. The van der Waals surface area contributed by atoms with Crippen LogP contribution in [-0.4, -0.2) is 58.0 Å². The van der Waals surface area contributed by atoms with Gasteiger partial charge >= 0.3 is 0 Å². The van der Waals surface area contributed by atoms with Gasteiger partial charge in [0, 0.05) is 30.5 Å². The van der Waals surface area contributed by atoms with Crippen molar-refractivity contribution in [3.8, 4) is 5.13 Å². The molecule has 1 aromatic carbocycles. The highest BCUT2D eigenvalue weighted by molar-refractivity contribution is 7.20. The Balaban J connectivity index is 1.43. The number of hydrogen-bond donors (Lipinski definition) is 2. The monoisotopic (exact) mass is 453 g/mol. The largest absolute Gasteiger partial charge is 0.353 e. The Morgan fingerprint density at radius 2 is 2.03 bits per heavy atom. The Hall–Kier alpha value is -2.71. The molecule has 7 nitrogen and oxygen atoms in total. The molecule has 1 fully saturated rings. The second-order valence-corrected chi connectivity index (χ2v) is 9.64. The molecular weight excluding hydrogens is 422 g/mol. The first kappa shape index (κ1) is 22.5. The van der Waals surface area contributed by atoms with Crippen LogP contribution in [0.2, 0.25) is 0 Å². The van der Waals surface area contributed by atoms with Gasteiger partial charge in [-0.15, -0.1) is 0 Å². The summed E-state index contributed by atoms with van der Waals surface area (Å²) >= 11 is 1.53. The molecule has 0 saturated carbocycles. The maximum absolute atomic E-state index is 13.0. The predicted molar refractivity (Wildman–Crippen MR) is 128 cm³/mol. The van der Waals surface area contributed by atoms with E-state index in [2.05, 4.69) is 27.4 Å². The van der Waals surface area contributed by atoms with Gasteiger partial charge in [0.15, 0.2) is 5.13 Å². The topological polar surface area (TPSA) is 79.3 Å². The number of hydrogen-bond acceptors (Lipinski definition) is 5. The number of likely N-dealkylation sites (N-methyl/N-ethyl adjacent to an activating group) is 1. The van der Waals surface area contributed by atoms with Crippen molar-refractivity contribution in [2.75, 3.05) is 19.6 Å². The molecular formula is C24H31N5O2S. The van der Waals surface area contributed by atoms with E-state index in [-0.39, 0.29) is 17.7 Å². The van der Waals surface area contributed by atoms with Crippen LogP contribution in [-0.2, 0) is 4.79 Å². The first-order valence-electron chi connectivity index (χ1n) is 11.3. The lowest BCUT2D eigenvalue weighted by atomic mass is 10.0. The summed E-state index contributed by atoms with van der Waals surface area (Å²) in [6, 6.07) is 9.19. The predicted octanol–water partition coefficient (Wildman–Crippen LogP) is 3.44. The van der Waals surface area contributed by atoms with Crippen molar-refractivity contribution in [2.45, 2.75) is 45.7 Å². The highest BCUT2D eigenvalue weighted by Gasteiger charge is 2.28. The second kappa shape index (κ2) is 9.83. The minimum absolute atomic E-state index is 0.0164. The number of thiazole rings is 1. The summed E-state index contributed by atoms with van der Waals surface area (Å²) in [6.45, 7) is 8.77. The molecule has 0 spiro atoms. The van der Waals surface area contributed by atoms with E-state index in [1.54, 1.807) is 6.07 Å². The molecule has 3 heterocycles. The maximum Gasteiger partial charge on any atom is 0.251 e. The number of benzene rings is 1. The lowest BCUT2D eigenvalue weighted by Crippen LogP contribution is -2.52. The number of carbonyl (C=O) groups is 2. The smallest absolute Gasteiger partial charge is 0.251 e. The summed E-state index contributed by atoms with van der Waals surface area (Å²) in [5.41, 5.74) is 1.39. The van der Waals surface area contributed by atoms with Gasteiger partial charge in [0.05, 0.1) is 10.2 Å². The molecule has 8 heteroatoms. The van der Waals surface area contributed by atoms with Gasteiger partial charge in [0.2, 0.25) is 5.91 Å². The summed E-state index contributed by atoms with van der Waals surface area (Å²) < 4.78 is 2.89. The summed E-state index contributed by atoms with van der Waals surface area (Å²) in [5.74, 6) is -0.380. The van der Waals surface area contributed by atoms with Gasteiger partial charge < -0.3 is 15.2 Å². The van der Waals surface area contributed by atoms with Crippen molar-refractivity contribution in [1.29, 1.82) is 0 Å². The molecule has 1 saturated heterocycles. The van der Waals surface area contributed by atoms with E-state index in [0.29, 0.717) is 18.2 Å². The number of nitrogens with zero attached hydrogens (tertiary/aromatic N) is 3. The fourth-order valence-corrected chi connectivity index (χ4v) is 5.23. The highest BCUT2D eigenvalue weighted by Crippen LogP contribution is 2.26. The van der Waals surface area contributed by atoms with E-state index in [0.717, 1.165) is 34.9 Å². The van der Waals surface area contributed by atoms with E-state index in [1.807, 2.05) is 55.1 Å². The number of nitrogens with one attached hydrogen (secondary N) is 2. The summed E-state index contributed by atoms with van der Waals surface area (Å²) in [5, 5.41) is 6.87. The normalized spacial score (nSPS) is 17.7. The Morgan fingerprint density at radius 3 is 2.75 bits per heavy atom. The van der Waals surface area contributed by atoms with Crippen LogP contribution in [0.15, 0.2) is 42.7 Å². The minimum atomic E-state index is -0.577. The van der Waals surface area contributed by atoms with E-state index >= 15 is 0 Å². The van der Waals surface area contributed by atoms with Gasteiger partial charge in [-0.05, 0) is 62.2 Å². The van der Waals surface area contributed by atoms with Crippen molar-refractivity contribution in [3.63, 3.8) is 0 Å². The van der Waals surface area contributed by atoms with Crippen molar-refractivity contribution in [2.24, 2.45) is 5.92 Å². The third-order valence-electron chi connectivity index (χ3n) is 6.12. The van der Waals surface area contributed by atoms with Gasteiger partial charge in [-0.3, -0.25) is 14.5 Å². The molecule has 170 valence electrons. The lowest BCUT2D eigenvalue weighted by Gasteiger charge is -2.26. The molecule has 1 aliphatic heterocycles. The molecule has 0 radical (unpaired) electrons. The van der Waals surface area contributed by atoms with Gasteiger partial charge in [0.1, 0.15) is 6.04 Å². The Morgan fingerprint density at radius 1 is 1.25 bits per heavy atom. The average molecular weight is 454 g/mol. The first-order chi connectivity index (χ1) is 15.5. The molecule has 1 aliphatic rings. The Bertz CT molecular complexity index is 1080. The summed E-state index contributed by atoms with van der Waals surface area (Å²) in [7, 11) is 0. The highest BCUT2D eigenvalue weighted by atomic mass is 32.1. The van der Waals surface area contributed by atoms with Gasteiger partial charge in [-0.25, -0.2) is 4.98 Å². The number of likely N-dealkylation sites (tertiary alicyclic amines) is 1. The van der Waals surface area contributed by atoms with Crippen molar-refractivity contribution in [1.82, 2.24) is 25.1 Å². The van der Waals surface area contributed by atoms with Crippen LogP contribution in [0.1, 0.15) is 44.0 Å². The Kier molecular flexibility index (Phi) is 6.91. The van der Waals surface area contributed by atoms with Crippen molar-refractivity contribution < 1.29 is 9.59 Å². The average Bonchev–Trinajstić information content (AvgIpc) is 3.54. The number of carbonyl (C=O) groups excluding carboxylic acids is 2. The molecule has 2 amide bonds. The minimum Gasteiger partial charge on any atom is -0.353 e. The molecule has 0 unspecified atom stereocenters. The number of rotatable bonds is 8. The molecule has 3 aromatic rings. The van der Waals surface area contributed by atoms with E-state index in [1.165, 1.54) is 17.8 Å². The number of aromatic nitrogens is 2. The van der Waals surface area contributed by atoms with Crippen LogP contribution in [0.25, 0.3) is 15.3 Å². The molecule has 2 aromatic heterocycles. The second-order valence-electron chi connectivity index (χ2n) is 8.63. The van der Waals surface area contributed by atoms with Crippen LogP contribution in [0.5, 0.6) is 0 Å². The van der Waals surface area contributed by atoms with E-state index in [9.17, 15) is 9.59 Å². The maximum atomic E-state index is 13.0. The molecule has 0 aliphatic carbocycles. The van der Waals surface area contributed by atoms with Crippen LogP contribution < -0.4 is 10.6 Å². The molecule has 4 rings (SSSR count). The van der Waals surface area contributed by atoms with E-state index in [4.69, 9.17) is 0 Å². The fourth-order valence-electron chi connectivity index (χ4n) is 4.26. The van der Waals surface area contributed by atoms with Crippen molar-refractivity contribution >= 4 is 33.4 Å². The molecule has 32 heavy (non-hydrogen) atoms. The van der Waals surface area contributed by atoms with Crippen LogP contribution in [0, 0.1) is 5.92 Å². The fraction of sp³-hybridized carbons (Fsp3) is 0.458. The third-order valence-corrected chi connectivity index (χ3v) is 7.15. The summed E-state index contributed by atoms with van der Waals surface area (Å²) in [4.78, 5) is 32.9. The van der Waals surface area contributed by atoms with E-state index < -0.39 is 6.04 Å². The van der Waals surface area contributed by atoms with Crippen molar-refractivity contribution in [3.05, 3.63) is 48.3 Å². The Labute approximate surface area is 192 Å². The zero-order chi connectivity index (χ0) is 22.7. The molecule has 0 bridgehead atoms. The zero-order valence-electron chi connectivity index (χ0n) is 18.9. The lowest BCUT2D eigenvalue weighted by molar-refractivity contribution is -0.124. The van der Waals surface area contributed by atoms with Crippen LogP contribution >= 0.6 is 11.3 Å². The standard InChI is InChI=1S/C24H31N5O2S/c1-4-28-13-7-8-18(28)15-25-23(31)21(16(2)3)27-22(30)17-9-10-19-20(14-17)32-24(26-19)29-11-5-6-12-29/h5-6,9-12,14,16,18,21H,4,7-8,13,15H2,1-3H3,(H,25,31)(H,27,30)/t18-,21-/m1/s1. The first-order valence-corrected chi connectivity index (χ1v) is 12.1. The van der Waals surface area contributed by atoms with Gasteiger partial charge in [-0.2, -0.15) is 0 Å². The quantitative estimate of drug-likeness (QED) is 0.548. The third kappa shape index (κ3) is 4.86. The number of amides is 2. The van der Waals surface area contributed by atoms with Gasteiger partial charge in [-0.1, -0.05) is 32.1 Å². The number of fused-ring (bicyclic) bond motifs is 1. The van der Waals surface area contributed by atoms with Gasteiger partial charge in [0.25, 0.3) is 5.91 Å². The SMILES string of the molecule is CCN1CCC[C@@H]1CNC(=O)[C@H](NC(=O)c1ccc2nc(-n3cccc3)sc2c1)C(C)C. The summed E-state index contributed by atoms with van der Waals surface area (Å²) in [6.07, 6.45) is 6.17. The van der Waals surface area contributed by atoms with Crippen LogP contribution in [0.4, 0.5) is 0 Å². The zero-order valence-corrected chi connectivity index (χ0v) is 19.7. The molecule has 2 atom stereocenters. The van der Waals surface area contributed by atoms with Crippen LogP contribution in [0.3, 0.4) is 0 Å².